The average molecular weight is 207 g/mol. The lowest BCUT2D eigenvalue weighted by molar-refractivity contribution is 0.177. The SMILES string of the molecule is CC.O=C1NC(Cc2ccccc2)CO1. The molecule has 1 N–H and O–H groups in total. The van der Waals surface area contributed by atoms with Crippen molar-refractivity contribution < 1.29 is 9.53 Å². The van der Waals surface area contributed by atoms with Crippen molar-refractivity contribution in [2.45, 2.75) is 26.3 Å². The van der Waals surface area contributed by atoms with Crippen LogP contribution in [0.4, 0.5) is 4.79 Å². The van der Waals surface area contributed by atoms with E-state index in [0.29, 0.717) is 6.61 Å². The highest BCUT2D eigenvalue weighted by Crippen LogP contribution is 2.06. The lowest BCUT2D eigenvalue weighted by atomic mass is 10.1. The number of amides is 1. The van der Waals surface area contributed by atoms with Gasteiger partial charge in [-0.3, -0.25) is 0 Å². The third-order valence-electron chi connectivity index (χ3n) is 2.06. The molecule has 1 aliphatic heterocycles. The lowest BCUT2D eigenvalue weighted by Crippen LogP contribution is -2.28. The molecule has 1 fully saturated rings. The number of carbonyl (C=O) groups excluding carboxylic acids is 1. The van der Waals surface area contributed by atoms with Crippen LogP contribution in [0, 0.1) is 0 Å². The Hall–Kier alpha value is -1.51. The Balaban J connectivity index is 0.000000531. The maximum Gasteiger partial charge on any atom is 0.407 e. The molecule has 1 atom stereocenters. The number of hydrogen-bond donors (Lipinski definition) is 1. The molecule has 0 bridgehead atoms. The molecular weight excluding hydrogens is 190 g/mol. The van der Waals surface area contributed by atoms with Gasteiger partial charge in [-0.25, -0.2) is 4.79 Å². The summed E-state index contributed by atoms with van der Waals surface area (Å²) in [6.45, 7) is 4.48. The smallest absolute Gasteiger partial charge is 0.407 e. The molecule has 1 aromatic rings. The molecule has 3 nitrogen and oxygen atoms in total. The quantitative estimate of drug-likeness (QED) is 0.808. The van der Waals surface area contributed by atoms with Gasteiger partial charge in [0.1, 0.15) is 6.61 Å². The molecule has 0 radical (unpaired) electrons. The Morgan fingerprint density at radius 1 is 1.33 bits per heavy atom. The van der Waals surface area contributed by atoms with Gasteiger partial charge < -0.3 is 10.1 Å². The van der Waals surface area contributed by atoms with Crippen molar-refractivity contribution in [2.24, 2.45) is 0 Å². The number of ether oxygens (including phenoxy) is 1. The molecule has 1 saturated heterocycles. The van der Waals surface area contributed by atoms with Gasteiger partial charge in [0.15, 0.2) is 0 Å². The molecular formula is C12H17NO2. The van der Waals surface area contributed by atoms with E-state index in [-0.39, 0.29) is 12.1 Å². The molecule has 0 aromatic heterocycles. The normalized spacial score (nSPS) is 18.5. The van der Waals surface area contributed by atoms with Crippen molar-refractivity contribution in [3.05, 3.63) is 35.9 Å². The van der Waals surface area contributed by atoms with E-state index >= 15 is 0 Å². The number of rotatable bonds is 2. The Morgan fingerprint density at radius 2 is 2.00 bits per heavy atom. The van der Waals surface area contributed by atoms with Crippen LogP contribution in [0.1, 0.15) is 19.4 Å². The maximum absolute atomic E-state index is 10.7. The topological polar surface area (TPSA) is 38.3 Å². The van der Waals surface area contributed by atoms with E-state index in [1.165, 1.54) is 5.56 Å². The summed E-state index contributed by atoms with van der Waals surface area (Å²) in [7, 11) is 0. The molecule has 0 saturated carbocycles. The average Bonchev–Trinajstić information content (AvgIpc) is 2.68. The molecule has 0 aliphatic carbocycles. The summed E-state index contributed by atoms with van der Waals surface area (Å²) in [4.78, 5) is 10.7. The second-order valence-electron chi connectivity index (χ2n) is 3.13. The van der Waals surface area contributed by atoms with Crippen LogP contribution in [0.2, 0.25) is 0 Å². The molecule has 1 aliphatic rings. The summed E-state index contributed by atoms with van der Waals surface area (Å²) in [5.74, 6) is 0. The Bertz CT molecular complexity index is 298. The second-order valence-corrected chi connectivity index (χ2v) is 3.13. The van der Waals surface area contributed by atoms with Gasteiger partial charge in [-0.05, 0) is 12.0 Å². The largest absolute Gasteiger partial charge is 0.447 e. The third-order valence-corrected chi connectivity index (χ3v) is 2.06. The van der Waals surface area contributed by atoms with Crippen molar-refractivity contribution in [1.82, 2.24) is 5.32 Å². The Morgan fingerprint density at radius 3 is 2.53 bits per heavy atom. The predicted molar refractivity (Wildman–Crippen MR) is 59.8 cm³/mol. The number of benzene rings is 1. The highest BCUT2D eigenvalue weighted by Gasteiger charge is 2.21. The zero-order valence-electron chi connectivity index (χ0n) is 9.19. The summed E-state index contributed by atoms with van der Waals surface area (Å²) in [6, 6.07) is 10.2. The van der Waals surface area contributed by atoms with Gasteiger partial charge in [0, 0.05) is 0 Å². The van der Waals surface area contributed by atoms with Crippen LogP contribution in [-0.2, 0) is 11.2 Å². The Labute approximate surface area is 90.4 Å². The van der Waals surface area contributed by atoms with E-state index in [0.717, 1.165) is 6.42 Å². The van der Waals surface area contributed by atoms with Crippen LogP contribution in [0.5, 0.6) is 0 Å². The molecule has 15 heavy (non-hydrogen) atoms. The van der Waals surface area contributed by atoms with E-state index in [9.17, 15) is 4.79 Å². The number of hydrogen-bond acceptors (Lipinski definition) is 2. The molecule has 1 amide bonds. The summed E-state index contributed by atoms with van der Waals surface area (Å²) in [6.07, 6.45) is 0.535. The third kappa shape index (κ3) is 3.62. The predicted octanol–water partition coefficient (Wildman–Crippen LogP) is 2.36. The van der Waals surface area contributed by atoms with Crippen LogP contribution in [0.15, 0.2) is 30.3 Å². The van der Waals surface area contributed by atoms with Gasteiger partial charge in [-0.1, -0.05) is 44.2 Å². The molecule has 3 heteroatoms. The molecule has 1 unspecified atom stereocenters. The molecule has 2 rings (SSSR count). The maximum atomic E-state index is 10.7. The first kappa shape index (κ1) is 11.6. The van der Waals surface area contributed by atoms with Crippen LogP contribution >= 0.6 is 0 Å². The van der Waals surface area contributed by atoms with Crippen molar-refractivity contribution in [2.75, 3.05) is 6.61 Å². The standard InChI is InChI=1S/C10H11NO2.C2H6/c12-10-11-9(7-13-10)6-8-4-2-1-3-5-8;1-2/h1-5,9H,6-7H2,(H,11,12);1-2H3. The van der Waals surface area contributed by atoms with Gasteiger partial charge in [0.05, 0.1) is 6.04 Å². The zero-order valence-corrected chi connectivity index (χ0v) is 9.19. The fourth-order valence-electron chi connectivity index (χ4n) is 1.43. The number of carbonyl (C=O) groups is 1. The van der Waals surface area contributed by atoms with Gasteiger partial charge in [-0.2, -0.15) is 0 Å². The number of alkyl carbamates (subject to hydrolysis) is 1. The van der Waals surface area contributed by atoms with E-state index < -0.39 is 0 Å². The summed E-state index contributed by atoms with van der Waals surface area (Å²) in [5.41, 5.74) is 1.22. The monoisotopic (exact) mass is 207 g/mol. The highest BCUT2D eigenvalue weighted by molar-refractivity contribution is 5.69. The molecule has 1 aromatic carbocycles. The fraction of sp³-hybridized carbons (Fsp3) is 0.417. The first-order chi connectivity index (χ1) is 7.34. The van der Waals surface area contributed by atoms with Crippen LogP contribution < -0.4 is 5.32 Å². The van der Waals surface area contributed by atoms with Crippen LogP contribution in [0.25, 0.3) is 0 Å². The lowest BCUT2D eigenvalue weighted by Gasteiger charge is -2.05. The first-order valence-electron chi connectivity index (χ1n) is 5.32. The molecule has 0 spiro atoms. The summed E-state index contributed by atoms with van der Waals surface area (Å²) in [5, 5.41) is 2.74. The highest BCUT2D eigenvalue weighted by atomic mass is 16.6. The minimum absolute atomic E-state index is 0.134. The van der Waals surface area contributed by atoms with Gasteiger partial charge in [0.2, 0.25) is 0 Å². The van der Waals surface area contributed by atoms with Gasteiger partial charge in [0.25, 0.3) is 0 Å². The van der Waals surface area contributed by atoms with Crippen LogP contribution in [-0.4, -0.2) is 18.7 Å². The van der Waals surface area contributed by atoms with Crippen molar-refractivity contribution >= 4 is 6.09 Å². The minimum Gasteiger partial charge on any atom is -0.447 e. The minimum atomic E-state index is -0.305. The van der Waals surface area contributed by atoms with Crippen LogP contribution in [0.3, 0.4) is 0 Å². The van der Waals surface area contributed by atoms with E-state index in [2.05, 4.69) is 5.32 Å². The van der Waals surface area contributed by atoms with E-state index in [1.807, 2.05) is 44.2 Å². The first-order valence-corrected chi connectivity index (χ1v) is 5.32. The van der Waals surface area contributed by atoms with Gasteiger partial charge >= 0.3 is 6.09 Å². The Kier molecular flexibility index (Phi) is 4.68. The fourth-order valence-corrected chi connectivity index (χ4v) is 1.43. The molecule has 82 valence electrons. The van der Waals surface area contributed by atoms with Crippen molar-refractivity contribution in [3.8, 4) is 0 Å². The zero-order chi connectivity index (χ0) is 11.1. The van der Waals surface area contributed by atoms with E-state index in [4.69, 9.17) is 4.74 Å². The van der Waals surface area contributed by atoms with Crippen molar-refractivity contribution in [3.63, 3.8) is 0 Å². The van der Waals surface area contributed by atoms with Gasteiger partial charge in [-0.15, -0.1) is 0 Å². The summed E-state index contributed by atoms with van der Waals surface area (Å²) >= 11 is 0. The second kappa shape index (κ2) is 6.06. The number of cyclic esters (lactones) is 1. The molecule has 1 heterocycles. The van der Waals surface area contributed by atoms with E-state index in [1.54, 1.807) is 0 Å². The summed E-state index contributed by atoms with van der Waals surface area (Å²) < 4.78 is 4.79. The number of nitrogens with one attached hydrogen (secondary N) is 1. The van der Waals surface area contributed by atoms with Crippen molar-refractivity contribution in [1.29, 1.82) is 0 Å².